The fraction of sp³-hybridized carbons (Fsp3) is 0.370. The van der Waals surface area contributed by atoms with Crippen LogP contribution in [-0.2, 0) is 23.8 Å². The molecule has 1 saturated heterocycles. The number of non-ortho nitro benzene ring substituents is 1. The van der Waals surface area contributed by atoms with Gasteiger partial charge in [-0.15, -0.1) is 0 Å². The molecule has 0 saturated carbocycles. The number of carbonyl (C=O) groups excluding carboxylic acids is 2. The normalized spacial score (nSPS) is 20.1. The third kappa shape index (κ3) is 7.20. The van der Waals surface area contributed by atoms with Crippen LogP contribution >= 0.6 is 0 Å². The lowest BCUT2D eigenvalue weighted by Gasteiger charge is -2.32. The summed E-state index contributed by atoms with van der Waals surface area (Å²) in [7, 11) is 0.890. The molecule has 4 rings (SSSR count). The third-order valence-electron chi connectivity index (χ3n) is 6.27. The van der Waals surface area contributed by atoms with E-state index in [0.29, 0.717) is 24.7 Å². The Bertz CT molecular complexity index is 1370. The number of halogens is 3. The maximum atomic E-state index is 14.0. The minimum Gasteiger partial charge on any atom is -0.491 e. The molecule has 0 radical (unpaired) electrons. The van der Waals surface area contributed by atoms with Crippen LogP contribution in [0.25, 0.3) is 0 Å². The van der Waals surface area contributed by atoms with E-state index in [2.05, 4.69) is 9.73 Å². The van der Waals surface area contributed by atoms with E-state index in [1.54, 1.807) is 24.3 Å². The Morgan fingerprint density at radius 1 is 1.10 bits per heavy atom. The fourth-order valence-electron chi connectivity index (χ4n) is 4.30. The molecule has 0 aliphatic carbocycles. The van der Waals surface area contributed by atoms with Gasteiger partial charge in [-0.2, -0.15) is 13.2 Å². The molecule has 218 valence electrons. The van der Waals surface area contributed by atoms with Crippen molar-refractivity contribution in [2.45, 2.75) is 25.1 Å². The highest BCUT2D eigenvalue weighted by molar-refractivity contribution is 6.10. The number of carbonyl (C=O) groups is 2. The molecular weight excluding hydrogens is 553 g/mol. The molecule has 41 heavy (non-hydrogen) atoms. The summed E-state index contributed by atoms with van der Waals surface area (Å²) >= 11 is 0. The first kappa shape index (κ1) is 29.5. The molecule has 14 heteroatoms. The van der Waals surface area contributed by atoms with Crippen LogP contribution in [0.15, 0.2) is 64.8 Å². The van der Waals surface area contributed by atoms with E-state index in [-0.39, 0.29) is 36.2 Å². The highest BCUT2D eigenvalue weighted by Crippen LogP contribution is 2.44. The average molecular weight is 578 g/mol. The van der Waals surface area contributed by atoms with E-state index < -0.39 is 46.3 Å². The zero-order chi connectivity index (χ0) is 29.7. The second-order valence-electron chi connectivity index (χ2n) is 9.05. The van der Waals surface area contributed by atoms with Crippen molar-refractivity contribution in [1.29, 1.82) is 0 Å². The van der Waals surface area contributed by atoms with E-state index in [9.17, 15) is 32.9 Å². The number of nitro groups is 1. The van der Waals surface area contributed by atoms with Crippen molar-refractivity contribution in [2.75, 3.05) is 33.5 Å². The lowest BCUT2D eigenvalue weighted by molar-refractivity contribution is -0.384. The molecule has 0 amide bonds. The van der Waals surface area contributed by atoms with Gasteiger partial charge in [0.25, 0.3) is 5.69 Å². The minimum atomic E-state index is -5.06. The predicted molar refractivity (Wildman–Crippen MR) is 136 cm³/mol. The van der Waals surface area contributed by atoms with Crippen LogP contribution in [0.3, 0.4) is 0 Å². The maximum absolute atomic E-state index is 14.0. The SMILES string of the molecule is COC(=O)C1C(C(F)(F)F)=NC(C)=C(C(=O)OCCOc2ccc(OCC3CO3)cc2)C1c1cccc([N+](=O)[O-])c1. The van der Waals surface area contributed by atoms with Crippen molar-refractivity contribution < 1.29 is 51.4 Å². The van der Waals surface area contributed by atoms with Gasteiger partial charge in [0.1, 0.15) is 49.1 Å². The number of nitrogens with zero attached hydrogens (tertiary/aromatic N) is 2. The number of epoxide rings is 1. The van der Waals surface area contributed by atoms with Gasteiger partial charge >= 0.3 is 18.1 Å². The molecule has 1 fully saturated rings. The van der Waals surface area contributed by atoms with Crippen molar-refractivity contribution in [3.63, 3.8) is 0 Å². The Morgan fingerprint density at radius 3 is 2.34 bits per heavy atom. The Morgan fingerprint density at radius 2 is 1.76 bits per heavy atom. The van der Waals surface area contributed by atoms with Gasteiger partial charge in [-0.3, -0.25) is 19.9 Å². The largest absolute Gasteiger partial charge is 0.491 e. The number of nitro benzene ring substituents is 1. The molecule has 3 unspecified atom stereocenters. The maximum Gasteiger partial charge on any atom is 0.430 e. The van der Waals surface area contributed by atoms with Gasteiger partial charge in [-0.1, -0.05) is 12.1 Å². The van der Waals surface area contributed by atoms with Crippen molar-refractivity contribution in [2.24, 2.45) is 10.9 Å². The summed E-state index contributed by atoms with van der Waals surface area (Å²) < 4.78 is 68.0. The van der Waals surface area contributed by atoms with Gasteiger partial charge in [-0.25, -0.2) is 4.79 Å². The lowest BCUT2D eigenvalue weighted by atomic mass is 9.75. The van der Waals surface area contributed by atoms with E-state index in [1.165, 1.54) is 12.1 Å². The van der Waals surface area contributed by atoms with E-state index in [4.69, 9.17) is 18.9 Å². The number of hydrogen-bond acceptors (Lipinski definition) is 10. The number of methoxy groups -OCH3 is 1. The number of alkyl halides is 3. The van der Waals surface area contributed by atoms with Crippen LogP contribution in [0.4, 0.5) is 18.9 Å². The van der Waals surface area contributed by atoms with E-state index in [0.717, 1.165) is 26.2 Å². The van der Waals surface area contributed by atoms with Crippen LogP contribution in [-0.4, -0.2) is 68.4 Å². The molecule has 0 spiro atoms. The second-order valence-corrected chi connectivity index (χ2v) is 9.05. The molecular formula is C27H25F3N2O9. The van der Waals surface area contributed by atoms with E-state index >= 15 is 0 Å². The molecule has 3 atom stereocenters. The first-order valence-corrected chi connectivity index (χ1v) is 12.3. The van der Waals surface area contributed by atoms with Crippen LogP contribution in [0.1, 0.15) is 18.4 Å². The Labute approximate surface area is 231 Å². The highest BCUT2D eigenvalue weighted by atomic mass is 19.4. The zero-order valence-corrected chi connectivity index (χ0v) is 21.9. The molecule has 0 N–H and O–H groups in total. The number of ether oxygens (including phenoxy) is 5. The highest BCUT2D eigenvalue weighted by Gasteiger charge is 2.52. The quantitative estimate of drug-likeness (QED) is 0.126. The first-order valence-electron chi connectivity index (χ1n) is 12.3. The van der Waals surface area contributed by atoms with Gasteiger partial charge in [0.2, 0.25) is 0 Å². The van der Waals surface area contributed by atoms with Gasteiger partial charge in [0, 0.05) is 23.7 Å². The number of benzene rings is 2. The first-order chi connectivity index (χ1) is 19.5. The van der Waals surface area contributed by atoms with Crippen LogP contribution in [0, 0.1) is 16.0 Å². The summed E-state index contributed by atoms with van der Waals surface area (Å²) in [6.45, 7) is 1.87. The van der Waals surface area contributed by atoms with Crippen LogP contribution in [0.5, 0.6) is 11.5 Å². The van der Waals surface area contributed by atoms with Gasteiger partial charge in [-0.05, 0) is 36.8 Å². The zero-order valence-electron chi connectivity index (χ0n) is 21.9. The molecule has 2 aromatic carbocycles. The van der Waals surface area contributed by atoms with Crippen LogP contribution < -0.4 is 9.47 Å². The monoisotopic (exact) mass is 578 g/mol. The summed E-state index contributed by atoms with van der Waals surface area (Å²) in [6, 6.07) is 11.3. The summed E-state index contributed by atoms with van der Waals surface area (Å²) in [5.41, 5.74) is -2.75. The van der Waals surface area contributed by atoms with Crippen molar-refractivity contribution in [3.05, 3.63) is 75.5 Å². The van der Waals surface area contributed by atoms with Crippen LogP contribution in [0.2, 0.25) is 0 Å². The molecule has 2 heterocycles. The van der Waals surface area contributed by atoms with Crippen molar-refractivity contribution in [3.8, 4) is 11.5 Å². The molecule has 2 aromatic rings. The second kappa shape index (κ2) is 12.4. The number of aliphatic imine (C=N–C) groups is 1. The number of hydrogen-bond donors (Lipinski definition) is 0. The summed E-state index contributed by atoms with van der Waals surface area (Å²) in [4.78, 5) is 40.0. The minimum absolute atomic E-state index is 0.0932. The predicted octanol–water partition coefficient (Wildman–Crippen LogP) is 4.16. The smallest absolute Gasteiger partial charge is 0.430 e. The van der Waals surface area contributed by atoms with Gasteiger partial charge < -0.3 is 23.7 Å². The van der Waals surface area contributed by atoms with Crippen molar-refractivity contribution in [1.82, 2.24) is 0 Å². The third-order valence-corrected chi connectivity index (χ3v) is 6.27. The summed E-state index contributed by atoms with van der Waals surface area (Å²) in [5.74, 6) is -5.06. The standard InChI is InChI=1S/C27H25F3N2O9/c1-15-21(26(34)39-11-10-38-18-6-8-19(9-7-18)40-13-20-14-41-20)22(16-4-3-5-17(12-16)32(35)36)23(25(33)37-2)24(31-15)27(28,29)30/h3-9,12,20,22-23H,10-11,13-14H2,1-2H3. The summed E-state index contributed by atoms with van der Waals surface area (Å²) in [5, 5.41) is 11.4. The molecule has 0 bridgehead atoms. The topological polar surface area (TPSA) is 139 Å². The fourth-order valence-corrected chi connectivity index (χ4v) is 4.30. The molecule has 2 aliphatic heterocycles. The molecule has 11 nitrogen and oxygen atoms in total. The van der Waals surface area contributed by atoms with Gasteiger partial charge in [0.15, 0.2) is 0 Å². The number of allylic oxidation sites excluding steroid dienone is 1. The van der Waals surface area contributed by atoms with Gasteiger partial charge in [0.05, 0.1) is 24.2 Å². The summed E-state index contributed by atoms with van der Waals surface area (Å²) in [6.07, 6.45) is -4.96. The Kier molecular flexibility index (Phi) is 8.91. The molecule has 0 aromatic heterocycles. The average Bonchev–Trinajstić information content (AvgIpc) is 3.78. The van der Waals surface area contributed by atoms with E-state index in [1.807, 2.05) is 0 Å². The molecule has 2 aliphatic rings. The Balaban J connectivity index is 1.53. The lowest BCUT2D eigenvalue weighted by Crippen LogP contribution is -2.43. The Hall–Kier alpha value is -4.46. The number of esters is 2. The van der Waals surface area contributed by atoms with Crippen molar-refractivity contribution >= 4 is 23.3 Å². The number of rotatable bonds is 11.